The van der Waals surface area contributed by atoms with Crippen LogP contribution in [0.5, 0.6) is 0 Å². The Morgan fingerprint density at radius 1 is 1.20 bits per heavy atom. The molecule has 20 heavy (non-hydrogen) atoms. The first kappa shape index (κ1) is 14.9. The summed E-state index contributed by atoms with van der Waals surface area (Å²) in [6.45, 7) is 1.99. The molecule has 108 valence electrons. The second kappa shape index (κ2) is 6.31. The molecular formula is C15H19NO3S. The maximum Gasteiger partial charge on any atom is 0.369 e. The second-order valence-electron chi connectivity index (χ2n) is 5.44. The van der Waals surface area contributed by atoms with Crippen molar-refractivity contribution in [1.29, 1.82) is 0 Å². The van der Waals surface area contributed by atoms with Crippen LogP contribution >= 0.6 is 11.8 Å². The number of anilines is 1. The van der Waals surface area contributed by atoms with Gasteiger partial charge in [-0.05, 0) is 36.7 Å². The molecule has 0 saturated heterocycles. The average Bonchev–Trinajstić information content (AvgIpc) is 2.41. The molecule has 0 spiro atoms. The number of carbonyl (C=O) groups is 2. The van der Waals surface area contributed by atoms with Gasteiger partial charge >= 0.3 is 5.30 Å². The zero-order chi connectivity index (χ0) is 14.6. The number of carbonyl (C=O) groups excluding carboxylic acids is 1. The molecule has 5 heteroatoms. The molecule has 0 aliphatic heterocycles. The van der Waals surface area contributed by atoms with Crippen LogP contribution in [0.4, 0.5) is 10.5 Å². The first-order valence-electron chi connectivity index (χ1n) is 6.82. The summed E-state index contributed by atoms with van der Waals surface area (Å²) in [5.74, 6) is -0.00404. The maximum atomic E-state index is 12.5. The molecule has 0 bridgehead atoms. The molecule has 2 N–H and O–H groups in total. The molecule has 1 fully saturated rings. The van der Waals surface area contributed by atoms with E-state index in [0.29, 0.717) is 22.3 Å². The largest absolute Gasteiger partial charge is 0.473 e. The molecule has 1 aromatic rings. The van der Waals surface area contributed by atoms with Crippen molar-refractivity contribution in [3.05, 3.63) is 24.3 Å². The van der Waals surface area contributed by atoms with Crippen molar-refractivity contribution in [3.63, 3.8) is 0 Å². The van der Waals surface area contributed by atoms with Gasteiger partial charge in [0, 0.05) is 10.3 Å². The van der Waals surface area contributed by atoms with Gasteiger partial charge in [-0.2, -0.15) is 0 Å². The van der Waals surface area contributed by atoms with E-state index >= 15 is 0 Å². The van der Waals surface area contributed by atoms with Gasteiger partial charge in [-0.15, -0.1) is 0 Å². The minimum absolute atomic E-state index is 0.00404. The number of para-hydroxylation sites is 1. The summed E-state index contributed by atoms with van der Waals surface area (Å²) in [5.41, 5.74) is 0.246. The number of carboxylic acid groups (broad SMARTS) is 1. The normalized spacial score (nSPS) is 17.4. The highest BCUT2D eigenvalue weighted by Crippen LogP contribution is 2.37. The second-order valence-corrected chi connectivity index (χ2v) is 6.43. The van der Waals surface area contributed by atoms with Crippen LogP contribution in [-0.4, -0.2) is 16.3 Å². The molecule has 4 nitrogen and oxygen atoms in total. The summed E-state index contributed by atoms with van der Waals surface area (Å²) in [5, 5.41) is 10.8. The lowest BCUT2D eigenvalue weighted by Gasteiger charge is -2.32. The van der Waals surface area contributed by atoms with Crippen molar-refractivity contribution in [2.45, 2.75) is 43.9 Å². The van der Waals surface area contributed by atoms with Gasteiger partial charge in [-0.3, -0.25) is 4.79 Å². The van der Waals surface area contributed by atoms with Crippen molar-refractivity contribution in [2.24, 2.45) is 5.41 Å². The molecule has 0 heterocycles. The number of hydrogen-bond donors (Lipinski definition) is 2. The van der Waals surface area contributed by atoms with Crippen LogP contribution in [0.2, 0.25) is 0 Å². The smallest absolute Gasteiger partial charge is 0.369 e. The van der Waals surface area contributed by atoms with Gasteiger partial charge < -0.3 is 10.4 Å². The summed E-state index contributed by atoms with van der Waals surface area (Å²) in [4.78, 5) is 23.8. The predicted molar refractivity (Wildman–Crippen MR) is 80.1 cm³/mol. The average molecular weight is 293 g/mol. The van der Waals surface area contributed by atoms with Crippen LogP contribution in [0.1, 0.15) is 39.0 Å². The highest BCUT2D eigenvalue weighted by atomic mass is 32.2. The van der Waals surface area contributed by atoms with E-state index in [1.807, 2.05) is 6.92 Å². The first-order chi connectivity index (χ1) is 9.51. The van der Waals surface area contributed by atoms with Gasteiger partial charge in [0.1, 0.15) is 0 Å². The van der Waals surface area contributed by atoms with Crippen molar-refractivity contribution in [2.75, 3.05) is 5.32 Å². The van der Waals surface area contributed by atoms with Crippen molar-refractivity contribution < 1.29 is 14.7 Å². The van der Waals surface area contributed by atoms with Gasteiger partial charge in [0.05, 0.1) is 5.69 Å². The molecule has 2 rings (SSSR count). The molecule has 1 aliphatic rings. The molecule has 0 aromatic heterocycles. The Labute approximate surface area is 123 Å². The molecule has 1 aromatic carbocycles. The van der Waals surface area contributed by atoms with Crippen LogP contribution in [0, 0.1) is 5.41 Å². The van der Waals surface area contributed by atoms with Gasteiger partial charge in [-0.25, -0.2) is 4.79 Å². The molecule has 1 saturated carbocycles. The van der Waals surface area contributed by atoms with Gasteiger partial charge in [0.25, 0.3) is 0 Å². The zero-order valence-corrected chi connectivity index (χ0v) is 12.3. The number of rotatable bonds is 3. The molecule has 0 radical (unpaired) electrons. The van der Waals surface area contributed by atoms with Gasteiger partial charge in [0.15, 0.2) is 0 Å². The van der Waals surface area contributed by atoms with E-state index in [-0.39, 0.29) is 11.3 Å². The van der Waals surface area contributed by atoms with Crippen LogP contribution in [0.15, 0.2) is 29.2 Å². The van der Waals surface area contributed by atoms with E-state index in [2.05, 4.69) is 5.32 Å². The number of amides is 1. The number of benzene rings is 1. The summed E-state index contributed by atoms with van der Waals surface area (Å²) >= 11 is 0.715. The Kier molecular flexibility index (Phi) is 4.70. The highest BCUT2D eigenvalue weighted by molar-refractivity contribution is 8.13. The van der Waals surface area contributed by atoms with Crippen LogP contribution in [0.3, 0.4) is 0 Å². The molecule has 0 atom stereocenters. The fourth-order valence-electron chi connectivity index (χ4n) is 2.59. The summed E-state index contributed by atoms with van der Waals surface area (Å²) in [7, 11) is 0. The molecule has 1 aliphatic carbocycles. The lowest BCUT2D eigenvalue weighted by atomic mass is 9.75. The zero-order valence-electron chi connectivity index (χ0n) is 11.5. The van der Waals surface area contributed by atoms with Crippen molar-refractivity contribution in [1.82, 2.24) is 0 Å². The Bertz CT molecular complexity index is 510. The minimum Gasteiger partial charge on any atom is -0.473 e. The van der Waals surface area contributed by atoms with E-state index < -0.39 is 5.30 Å². The van der Waals surface area contributed by atoms with Crippen molar-refractivity contribution >= 4 is 28.7 Å². The lowest BCUT2D eigenvalue weighted by Crippen LogP contribution is -2.35. The monoisotopic (exact) mass is 293 g/mol. The fourth-order valence-corrected chi connectivity index (χ4v) is 3.15. The van der Waals surface area contributed by atoms with Gasteiger partial charge in [0.2, 0.25) is 5.91 Å². The van der Waals surface area contributed by atoms with Gasteiger partial charge in [-0.1, -0.05) is 38.3 Å². The van der Waals surface area contributed by atoms with E-state index in [0.717, 1.165) is 25.7 Å². The fraction of sp³-hybridized carbons (Fsp3) is 0.467. The summed E-state index contributed by atoms with van der Waals surface area (Å²) in [6, 6.07) is 7.01. The van der Waals surface area contributed by atoms with Crippen LogP contribution < -0.4 is 5.32 Å². The third-order valence-corrected chi connectivity index (χ3v) is 4.59. The Morgan fingerprint density at radius 2 is 1.85 bits per heavy atom. The molecule has 0 unspecified atom stereocenters. The molecular weight excluding hydrogens is 274 g/mol. The summed E-state index contributed by atoms with van der Waals surface area (Å²) in [6.07, 6.45) is 5.14. The topological polar surface area (TPSA) is 66.4 Å². The lowest BCUT2D eigenvalue weighted by molar-refractivity contribution is -0.126. The number of thioether (sulfide) groups is 1. The third-order valence-electron chi connectivity index (χ3n) is 3.84. The Hall–Kier alpha value is -1.49. The Morgan fingerprint density at radius 3 is 2.50 bits per heavy atom. The van der Waals surface area contributed by atoms with Crippen molar-refractivity contribution in [3.8, 4) is 0 Å². The Balaban J connectivity index is 2.13. The number of nitrogens with one attached hydrogen (secondary N) is 1. The van der Waals surface area contributed by atoms with Crippen LogP contribution in [-0.2, 0) is 4.79 Å². The van der Waals surface area contributed by atoms with E-state index in [1.54, 1.807) is 24.3 Å². The highest BCUT2D eigenvalue weighted by Gasteiger charge is 2.34. The maximum absolute atomic E-state index is 12.5. The van der Waals surface area contributed by atoms with Crippen LogP contribution in [0.25, 0.3) is 0 Å². The minimum atomic E-state index is -0.976. The number of hydrogen-bond acceptors (Lipinski definition) is 3. The predicted octanol–water partition coefficient (Wildman–Crippen LogP) is 4.37. The quantitative estimate of drug-likeness (QED) is 0.812. The SMILES string of the molecule is CC1(C(=O)Nc2ccccc2SC(=O)O)CCCCC1. The third kappa shape index (κ3) is 3.54. The van der Waals surface area contributed by atoms with E-state index in [1.165, 1.54) is 6.42 Å². The molecule has 1 amide bonds. The first-order valence-corrected chi connectivity index (χ1v) is 7.64. The van der Waals surface area contributed by atoms with E-state index in [9.17, 15) is 9.59 Å². The summed E-state index contributed by atoms with van der Waals surface area (Å²) < 4.78 is 0. The van der Waals surface area contributed by atoms with E-state index in [4.69, 9.17) is 5.11 Å². The standard InChI is InChI=1S/C15H19NO3S/c1-15(9-5-2-6-10-15)13(17)16-11-7-3-4-8-12(11)20-14(18)19/h3-4,7-8H,2,5-6,9-10H2,1H3,(H,16,17)(H,18,19).